The number of hydrogen-bond donors (Lipinski definition) is 1. The normalized spacial score (nSPS) is 14.9. The van der Waals surface area contributed by atoms with Gasteiger partial charge in [0.1, 0.15) is 0 Å². The molecule has 1 aromatic carbocycles. The summed E-state index contributed by atoms with van der Waals surface area (Å²) in [6, 6.07) is 6.35. The molecule has 0 bridgehead atoms. The summed E-state index contributed by atoms with van der Waals surface area (Å²) in [6.07, 6.45) is 5.50. The first kappa shape index (κ1) is 14.3. The molecule has 1 aromatic rings. The number of aliphatic hydroxyl groups excluding tert-OH is 1. The maximum absolute atomic E-state index is 12.1. The van der Waals surface area contributed by atoms with Gasteiger partial charge in [0.05, 0.1) is 6.61 Å². The Morgan fingerprint density at radius 1 is 1.53 bits per heavy atom. The number of aryl methyl sites for hydroxylation is 1. The number of carbonyl (C=O) groups is 1. The zero-order valence-electron chi connectivity index (χ0n) is 11.0. The minimum absolute atomic E-state index is 0.0182. The molecule has 0 heterocycles. The highest BCUT2D eigenvalue weighted by Crippen LogP contribution is 2.27. The van der Waals surface area contributed by atoms with E-state index in [1.54, 1.807) is 11.0 Å². The molecule has 1 fully saturated rings. The number of carbonyl (C=O) groups excluding carboxylic acids is 1. The van der Waals surface area contributed by atoms with Crippen molar-refractivity contribution in [2.24, 2.45) is 0 Å². The Morgan fingerprint density at radius 2 is 2.26 bits per heavy atom. The van der Waals surface area contributed by atoms with Crippen molar-refractivity contribution in [3.8, 4) is 0 Å². The molecule has 19 heavy (non-hydrogen) atoms. The zero-order chi connectivity index (χ0) is 13.8. The van der Waals surface area contributed by atoms with E-state index in [2.05, 4.69) is 15.9 Å². The molecule has 102 valence electrons. The van der Waals surface area contributed by atoms with Crippen LogP contribution in [0, 0.1) is 6.92 Å². The van der Waals surface area contributed by atoms with Crippen molar-refractivity contribution in [3.05, 3.63) is 39.9 Å². The van der Waals surface area contributed by atoms with Gasteiger partial charge in [0.25, 0.3) is 0 Å². The first-order valence-corrected chi connectivity index (χ1v) is 7.27. The number of nitrogens with zero attached hydrogens (tertiary/aromatic N) is 1. The van der Waals surface area contributed by atoms with Gasteiger partial charge in [0, 0.05) is 23.1 Å². The Kier molecular flexibility index (Phi) is 4.77. The van der Waals surface area contributed by atoms with Gasteiger partial charge < -0.3 is 10.0 Å². The van der Waals surface area contributed by atoms with Crippen LogP contribution in [0.1, 0.15) is 24.0 Å². The number of rotatable bonds is 5. The van der Waals surface area contributed by atoms with E-state index in [1.807, 2.05) is 31.2 Å². The van der Waals surface area contributed by atoms with Gasteiger partial charge in [-0.05, 0) is 43.0 Å². The van der Waals surface area contributed by atoms with Crippen LogP contribution in [0.4, 0.5) is 0 Å². The summed E-state index contributed by atoms with van der Waals surface area (Å²) in [7, 11) is 0. The number of amides is 1. The lowest BCUT2D eigenvalue weighted by atomic mass is 10.1. The third kappa shape index (κ3) is 3.91. The molecule has 1 amide bonds. The van der Waals surface area contributed by atoms with Crippen LogP contribution in [-0.4, -0.2) is 35.1 Å². The van der Waals surface area contributed by atoms with Crippen molar-refractivity contribution < 1.29 is 9.90 Å². The van der Waals surface area contributed by atoms with Gasteiger partial charge in [0.15, 0.2) is 0 Å². The maximum Gasteiger partial charge on any atom is 0.246 e. The fourth-order valence-corrected chi connectivity index (χ4v) is 2.62. The molecule has 1 aliphatic rings. The van der Waals surface area contributed by atoms with Crippen LogP contribution in [0.25, 0.3) is 6.08 Å². The molecule has 2 rings (SSSR count). The Balaban J connectivity index is 2.06. The highest BCUT2D eigenvalue weighted by molar-refractivity contribution is 9.10. The summed E-state index contributed by atoms with van der Waals surface area (Å²) < 4.78 is 0.983. The summed E-state index contributed by atoms with van der Waals surface area (Å²) in [6.45, 7) is 2.46. The zero-order valence-corrected chi connectivity index (χ0v) is 12.6. The second-order valence-electron chi connectivity index (χ2n) is 4.84. The van der Waals surface area contributed by atoms with Gasteiger partial charge in [-0.25, -0.2) is 0 Å². The van der Waals surface area contributed by atoms with Crippen LogP contribution in [-0.2, 0) is 4.79 Å². The molecule has 1 N–H and O–H groups in total. The van der Waals surface area contributed by atoms with E-state index in [1.165, 1.54) is 5.56 Å². The quantitative estimate of drug-likeness (QED) is 0.846. The topological polar surface area (TPSA) is 40.5 Å². The Bertz CT molecular complexity index is 495. The van der Waals surface area contributed by atoms with Crippen molar-refractivity contribution in [3.63, 3.8) is 0 Å². The van der Waals surface area contributed by atoms with E-state index < -0.39 is 0 Å². The second-order valence-corrected chi connectivity index (χ2v) is 5.70. The average Bonchev–Trinajstić information content (AvgIpc) is 3.18. The molecule has 1 saturated carbocycles. The van der Waals surface area contributed by atoms with Crippen LogP contribution in [0.3, 0.4) is 0 Å². The van der Waals surface area contributed by atoms with E-state index >= 15 is 0 Å². The third-order valence-electron chi connectivity index (χ3n) is 3.17. The van der Waals surface area contributed by atoms with Gasteiger partial charge in [-0.3, -0.25) is 4.79 Å². The Labute approximate surface area is 122 Å². The molecule has 3 nitrogen and oxygen atoms in total. The van der Waals surface area contributed by atoms with E-state index in [9.17, 15) is 4.79 Å². The van der Waals surface area contributed by atoms with Gasteiger partial charge in [-0.1, -0.05) is 28.1 Å². The lowest BCUT2D eigenvalue weighted by molar-refractivity contribution is -0.127. The van der Waals surface area contributed by atoms with E-state index in [-0.39, 0.29) is 12.5 Å². The fraction of sp³-hybridized carbons (Fsp3) is 0.400. The van der Waals surface area contributed by atoms with Crippen molar-refractivity contribution in [1.29, 1.82) is 0 Å². The van der Waals surface area contributed by atoms with E-state index in [0.717, 1.165) is 22.9 Å². The number of hydrogen-bond acceptors (Lipinski definition) is 2. The van der Waals surface area contributed by atoms with Crippen LogP contribution in [0.2, 0.25) is 0 Å². The molecular weight excluding hydrogens is 306 g/mol. The summed E-state index contributed by atoms with van der Waals surface area (Å²) in [5, 5.41) is 9.00. The second kappa shape index (κ2) is 6.35. The fourth-order valence-electron chi connectivity index (χ4n) is 1.99. The number of aliphatic hydroxyl groups is 1. The molecule has 0 aromatic heterocycles. The molecule has 0 radical (unpaired) electrons. The monoisotopic (exact) mass is 323 g/mol. The molecule has 0 saturated heterocycles. The average molecular weight is 324 g/mol. The van der Waals surface area contributed by atoms with Crippen molar-refractivity contribution >= 4 is 27.9 Å². The molecule has 0 aliphatic heterocycles. The molecule has 0 unspecified atom stereocenters. The van der Waals surface area contributed by atoms with Crippen LogP contribution >= 0.6 is 15.9 Å². The standard InChI is InChI=1S/C15H18BrNO2/c1-11-2-3-12(14(16)10-11)4-7-15(19)17(8-9-18)13-5-6-13/h2-4,7,10,13,18H,5-6,8-9H2,1H3/b7-4+. The van der Waals surface area contributed by atoms with Crippen molar-refractivity contribution in [2.45, 2.75) is 25.8 Å². The summed E-state index contributed by atoms with van der Waals surface area (Å²) in [4.78, 5) is 13.8. The molecule has 1 aliphatic carbocycles. The largest absolute Gasteiger partial charge is 0.395 e. The van der Waals surface area contributed by atoms with Crippen molar-refractivity contribution in [1.82, 2.24) is 4.90 Å². The van der Waals surface area contributed by atoms with Gasteiger partial charge >= 0.3 is 0 Å². The van der Waals surface area contributed by atoms with Crippen LogP contribution in [0.15, 0.2) is 28.7 Å². The number of halogens is 1. The van der Waals surface area contributed by atoms with Crippen LogP contribution < -0.4 is 0 Å². The minimum Gasteiger partial charge on any atom is -0.395 e. The van der Waals surface area contributed by atoms with Crippen molar-refractivity contribution in [2.75, 3.05) is 13.2 Å². The summed E-state index contributed by atoms with van der Waals surface area (Å²) in [5.74, 6) is -0.0241. The molecule has 0 spiro atoms. The Morgan fingerprint density at radius 3 is 2.84 bits per heavy atom. The highest BCUT2D eigenvalue weighted by Gasteiger charge is 2.30. The first-order chi connectivity index (χ1) is 9.11. The predicted octanol–water partition coefficient (Wildman–Crippen LogP) is 2.75. The molecule has 0 atom stereocenters. The van der Waals surface area contributed by atoms with Crippen LogP contribution in [0.5, 0.6) is 0 Å². The molecular formula is C15H18BrNO2. The summed E-state index contributed by atoms with van der Waals surface area (Å²) >= 11 is 3.49. The van der Waals surface area contributed by atoms with Gasteiger partial charge in [-0.15, -0.1) is 0 Å². The van der Waals surface area contributed by atoms with Gasteiger partial charge in [0.2, 0.25) is 5.91 Å². The Hall–Kier alpha value is -1.13. The third-order valence-corrected chi connectivity index (χ3v) is 3.86. The predicted molar refractivity (Wildman–Crippen MR) is 79.7 cm³/mol. The highest BCUT2D eigenvalue weighted by atomic mass is 79.9. The lowest BCUT2D eigenvalue weighted by Gasteiger charge is -2.19. The first-order valence-electron chi connectivity index (χ1n) is 6.47. The molecule has 4 heteroatoms. The van der Waals surface area contributed by atoms with E-state index in [4.69, 9.17) is 5.11 Å². The lowest BCUT2D eigenvalue weighted by Crippen LogP contribution is -2.34. The summed E-state index contributed by atoms with van der Waals surface area (Å²) in [5.41, 5.74) is 2.16. The van der Waals surface area contributed by atoms with Gasteiger partial charge in [-0.2, -0.15) is 0 Å². The number of benzene rings is 1. The minimum atomic E-state index is -0.0241. The maximum atomic E-state index is 12.1. The van der Waals surface area contributed by atoms with E-state index in [0.29, 0.717) is 12.6 Å². The SMILES string of the molecule is Cc1ccc(/C=C/C(=O)N(CCO)C2CC2)c(Br)c1. The smallest absolute Gasteiger partial charge is 0.246 e.